The first-order valence-corrected chi connectivity index (χ1v) is 6.22. The highest BCUT2D eigenvalue weighted by Gasteiger charge is 1.98. The van der Waals surface area contributed by atoms with E-state index in [1.807, 2.05) is 7.05 Å². The van der Waals surface area contributed by atoms with Crippen molar-refractivity contribution in [3.05, 3.63) is 33.4 Å². The van der Waals surface area contributed by atoms with E-state index < -0.39 is 0 Å². The summed E-state index contributed by atoms with van der Waals surface area (Å²) in [5.41, 5.74) is 1.45. The first-order chi connectivity index (χ1) is 6.72. The van der Waals surface area contributed by atoms with Crippen LogP contribution in [0.2, 0.25) is 0 Å². The van der Waals surface area contributed by atoms with Gasteiger partial charge in [0.05, 0.1) is 0 Å². The van der Waals surface area contributed by atoms with Crippen LogP contribution in [0, 0.1) is 3.57 Å². The van der Waals surface area contributed by atoms with Crippen molar-refractivity contribution in [2.45, 2.75) is 32.2 Å². The number of rotatable bonds is 5. The molecule has 0 aliphatic rings. The molecule has 2 heteroatoms. The molecule has 0 spiro atoms. The van der Waals surface area contributed by atoms with Crippen molar-refractivity contribution in [1.29, 1.82) is 0 Å². The lowest BCUT2D eigenvalue weighted by molar-refractivity contribution is 0.542. The summed E-state index contributed by atoms with van der Waals surface area (Å²) in [6.07, 6.45) is 3.72. The summed E-state index contributed by atoms with van der Waals surface area (Å²) in [6.45, 7) is 2.23. The topological polar surface area (TPSA) is 12.0 Å². The van der Waals surface area contributed by atoms with Gasteiger partial charge in [0.1, 0.15) is 0 Å². The molecule has 78 valence electrons. The SMILES string of the molecule is CNC(C)CCCc1ccc(I)cc1. The van der Waals surface area contributed by atoms with Gasteiger partial charge in [0.25, 0.3) is 0 Å². The van der Waals surface area contributed by atoms with E-state index in [1.54, 1.807) is 0 Å². The predicted octanol–water partition coefficient (Wildman–Crippen LogP) is 3.22. The molecule has 0 fully saturated rings. The lowest BCUT2D eigenvalue weighted by Crippen LogP contribution is -2.20. The van der Waals surface area contributed by atoms with Crippen LogP contribution < -0.4 is 5.32 Å². The van der Waals surface area contributed by atoms with E-state index >= 15 is 0 Å². The average Bonchev–Trinajstić information content (AvgIpc) is 2.21. The van der Waals surface area contributed by atoms with Crippen LogP contribution in [0.25, 0.3) is 0 Å². The van der Waals surface area contributed by atoms with E-state index in [2.05, 4.69) is 59.1 Å². The van der Waals surface area contributed by atoms with Crippen molar-refractivity contribution in [1.82, 2.24) is 5.32 Å². The van der Waals surface area contributed by atoms with Crippen molar-refractivity contribution in [3.63, 3.8) is 0 Å². The molecule has 0 saturated heterocycles. The summed E-state index contributed by atoms with van der Waals surface area (Å²) in [5.74, 6) is 0. The van der Waals surface area contributed by atoms with Gasteiger partial charge in [-0.2, -0.15) is 0 Å². The largest absolute Gasteiger partial charge is 0.317 e. The third kappa shape index (κ3) is 4.42. The third-order valence-corrected chi connectivity index (χ3v) is 3.23. The average molecular weight is 303 g/mol. The molecule has 1 N–H and O–H groups in total. The van der Waals surface area contributed by atoms with Gasteiger partial charge in [-0.05, 0) is 73.5 Å². The standard InChI is InChI=1S/C12H18IN/c1-10(14-2)4-3-5-11-6-8-12(13)9-7-11/h6-10,14H,3-5H2,1-2H3. The minimum atomic E-state index is 0.638. The number of hydrogen-bond donors (Lipinski definition) is 1. The zero-order chi connectivity index (χ0) is 10.4. The Morgan fingerprint density at radius 1 is 1.29 bits per heavy atom. The van der Waals surface area contributed by atoms with E-state index in [-0.39, 0.29) is 0 Å². The second-order valence-electron chi connectivity index (χ2n) is 3.71. The van der Waals surface area contributed by atoms with Crippen LogP contribution in [0.3, 0.4) is 0 Å². The number of halogens is 1. The molecule has 1 atom stereocenters. The Balaban J connectivity index is 2.28. The minimum absolute atomic E-state index is 0.638. The Bertz CT molecular complexity index is 256. The molecule has 0 aromatic heterocycles. The highest BCUT2D eigenvalue weighted by Crippen LogP contribution is 2.10. The van der Waals surface area contributed by atoms with Crippen LogP contribution in [0.15, 0.2) is 24.3 Å². The quantitative estimate of drug-likeness (QED) is 0.824. The molecular formula is C12H18IN. The molecule has 14 heavy (non-hydrogen) atoms. The van der Waals surface area contributed by atoms with Gasteiger partial charge in [0.2, 0.25) is 0 Å². The number of hydrogen-bond acceptors (Lipinski definition) is 1. The normalized spacial score (nSPS) is 12.8. The number of nitrogens with one attached hydrogen (secondary N) is 1. The predicted molar refractivity (Wildman–Crippen MR) is 70.6 cm³/mol. The van der Waals surface area contributed by atoms with Crippen molar-refractivity contribution in [3.8, 4) is 0 Å². The Morgan fingerprint density at radius 2 is 1.93 bits per heavy atom. The van der Waals surface area contributed by atoms with Crippen LogP contribution in [0.1, 0.15) is 25.3 Å². The van der Waals surface area contributed by atoms with Crippen molar-refractivity contribution >= 4 is 22.6 Å². The van der Waals surface area contributed by atoms with E-state index in [4.69, 9.17) is 0 Å². The molecule has 0 bridgehead atoms. The summed E-state index contributed by atoms with van der Waals surface area (Å²) in [7, 11) is 2.02. The van der Waals surface area contributed by atoms with Gasteiger partial charge >= 0.3 is 0 Å². The monoisotopic (exact) mass is 303 g/mol. The van der Waals surface area contributed by atoms with E-state index in [1.165, 1.54) is 28.4 Å². The summed E-state index contributed by atoms with van der Waals surface area (Å²) in [6, 6.07) is 9.45. The summed E-state index contributed by atoms with van der Waals surface area (Å²) in [5, 5.41) is 3.26. The van der Waals surface area contributed by atoms with E-state index in [9.17, 15) is 0 Å². The maximum atomic E-state index is 3.26. The Hall–Kier alpha value is -0.0900. The summed E-state index contributed by atoms with van der Waals surface area (Å²) >= 11 is 2.34. The number of benzene rings is 1. The molecule has 0 aliphatic carbocycles. The van der Waals surface area contributed by atoms with Gasteiger partial charge in [0, 0.05) is 9.61 Å². The van der Waals surface area contributed by atoms with Crippen molar-refractivity contribution in [2.24, 2.45) is 0 Å². The maximum absolute atomic E-state index is 3.26. The van der Waals surface area contributed by atoms with Gasteiger partial charge < -0.3 is 5.32 Å². The van der Waals surface area contributed by atoms with Crippen LogP contribution in [-0.4, -0.2) is 13.1 Å². The van der Waals surface area contributed by atoms with Gasteiger partial charge in [-0.1, -0.05) is 12.1 Å². The van der Waals surface area contributed by atoms with Gasteiger partial charge in [-0.3, -0.25) is 0 Å². The van der Waals surface area contributed by atoms with Gasteiger partial charge in [-0.25, -0.2) is 0 Å². The molecule has 0 saturated carbocycles. The fourth-order valence-corrected chi connectivity index (χ4v) is 1.77. The van der Waals surface area contributed by atoms with E-state index in [0.717, 1.165) is 0 Å². The molecule has 0 aliphatic heterocycles. The highest BCUT2D eigenvalue weighted by atomic mass is 127. The lowest BCUT2D eigenvalue weighted by atomic mass is 10.1. The van der Waals surface area contributed by atoms with E-state index in [0.29, 0.717) is 6.04 Å². The first kappa shape index (κ1) is 12.0. The van der Waals surface area contributed by atoms with Crippen LogP contribution in [0.5, 0.6) is 0 Å². The minimum Gasteiger partial charge on any atom is -0.317 e. The van der Waals surface area contributed by atoms with Crippen molar-refractivity contribution < 1.29 is 0 Å². The molecule has 1 rings (SSSR count). The Morgan fingerprint density at radius 3 is 2.50 bits per heavy atom. The summed E-state index contributed by atoms with van der Waals surface area (Å²) in [4.78, 5) is 0. The van der Waals surface area contributed by atoms with Crippen molar-refractivity contribution in [2.75, 3.05) is 7.05 Å². The van der Waals surface area contributed by atoms with Crippen LogP contribution in [0.4, 0.5) is 0 Å². The highest BCUT2D eigenvalue weighted by molar-refractivity contribution is 14.1. The van der Waals surface area contributed by atoms with Crippen LogP contribution >= 0.6 is 22.6 Å². The second-order valence-corrected chi connectivity index (χ2v) is 4.95. The molecule has 1 aromatic rings. The maximum Gasteiger partial charge on any atom is 0.0130 e. The molecule has 0 heterocycles. The number of aryl methyl sites for hydroxylation is 1. The zero-order valence-corrected chi connectivity index (χ0v) is 11.0. The van der Waals surface area contributed by atoms with Gasteiger partial charge in [0.15, 0.2) is 0 Å². The first-order valence-electron chi connectivity index (χ1n) is 5.14. The molecular weight excluding hydrogens is 285 g/mol. The van der Waals surface area contributed by atoms with Crippen LogP contribution in [-0.2, 0) is 6.42 Å². The fourth-order valence-electron chi connectivity index (χ4n) is 1.41. The molecule has 1 aromatic carbocycles. The lowest BCUT2D eigenvalue weighted by Gasteiger charge is -2.09. The molecule has 1 nitrogen and oxygen atoms in total. The smallest absolute Gasteiger partial charge is 0.0130 e. The second kappa shape index (κ2) is 6.40. The third-order valence-electron chi connectivity index (χ3n) is 2.51. The van der Waals surface area contributed by atoms with Gasteiger partial charge in [-0.15, -0.1) is 0 Å². The zero-order valence-electron chi connectivity index (χ0n) is 8.89. The Labute approximate surface area is 100 Å². The Kier molecular flexibility index (Phi) is 5.48. The molecule has 0 amide bonds. The summed E-state index contributed by atoms with van der Waals surface area (Å²) < 4.78 is 1.31. The molecule has 0 radical (unpaired) electrons. The molecule has 1 unspecified atom stereocenters. The fraction of sp³-hybridized carbons (Fsp3) is 0.500.